The predicted molar refractivity (Wildman–Crippen MR) is 128 cm³/mol. The Morgan fingerprint density at radius 2 is 1.68 bits per heavy atom. The van der Waals surface area contributed by atoms with Gasteiger partial charge in [-0.25, -0.2) is 0 Å². The fourth-order valence-electron chi connectivity index (χ4n) is 6.72. The predicted octanol–water partition coefficient (Wildman–Crippen LogP) is 7.97. The second-order valence-corrected chi connectivity index (χ2v) is 12.4. The minimum absolute atomic E-state index is 0.0225. The zero-order valence-corrected chi connectivity index (χ0v) is 20.7. The maximum absolute atomic E-state index is 13.5. The zero-order valence-electron chi connectivity index (χ0n) is 17.8. The standard InChI is InChI=1S/C25H33ClF3IO/c26-20-12-18(11-19(14-20)25(27,28)29)22-8-3-9-23(31)24(22)17-6-1-4-15(10-17)16-5-2-7-21(30)13-16/h3,9,11-12,15-17,19,21-24,31H,1-2,4-8,10,13-14H2. The van der Waals surface area contributed by atoms with Gasteiger partial charge in [-0.15, -0.1) is 0 Å². The van der Waals surface area contributed by atoms with Gasteiger partial charge in [-0.1, -0.05) is 84.5 Å². The molecular formula is C25H33ClF3IO. The number of aliphatic hydroxyl groups excluding tert-OH is 1. The first kappa shape index (κ1) is 24.1. The molecule has 0 radical (unpaired) electrons. The van der Waals surface area contributed by atoms with E-state index in [1.165, 1.54) is 38.2 Å². The highest BCUT2D eigenvalue weighted by Crippen LogP contribution is 2.49. The van der Waals surface area contributed by atoms with Crippen LogP contribution in [0.1, 0.15) is 64.2 Å². The van der Waals surface area contributed by atoms with E-state index in [0.717, 1.165) is 29.1 Å². The lowest BCUT2D eigenvalue weighted by Crippen LogP contribution is -2.40. The Morgan fingerprint density at radius 1 is 1.00 bits per heavy atom. The van der Waals surface area contributed by atoms with Gasteiger partial charge in [-0.2, -0.15) is 13.2 Å². The Hall–Kier alpha value is -0.0100. The van der Waals surface area contributed by atoms with Gasteiger partial charge < -0.3 is 5.11 Å². The summed E-state index contributed by atoms with van der Waals surface area (Å²) >= 11 is 8.77. The van der Waals surface area contributed by atoms with E-state index in [4.69, 9.17) is 11.6 Å². The van der Waals surface area contributed by atoms with Crippen molar-refractivity contribution in [3.63, 3.8) is 0 Å². The molecule has 0 aromatic rings. The maximum Gasteiger partial charge on any atom is 0.395 e. The minimum atomic E-state index is -4.29. The number of alkyl halides is 4. The molecule has 0 amide bonds. The molecule has 8 unspecified atom stereocenters. The van der Waals surface area contributed by atoms with E-state index in [9.17, 15) is 18.3 Å². The molecule has 31 heavy (non-hydrogen) atoms. The van der Waals surface area contributed by atoms with Gasteiger partial charge in [0.2, 0.25) is 0 Å². The Balaban J connectivity index is 1.55. The molecule has 2 saturated carbocycles. The van der Waals surface area contributed by atoms with Gasteiger partial charge in [0, 0.05) is 8.96 Å². The Morgan fingerprint density at radius 3 is 2.39 bits per heavy atom. The largest absolute Gasteiger partial charge is 0.395 e. The molecule has 1 N–H and O–H groups in total. The Labute approximate surface area is 202 Å². The topological polar surface area (TPSA) is 20.2 Å². The molecule has 8 atom stereocenters. The third kappa shape index (κ3) is 5.74. The SMILES string of the molecule is OC1C=CCC(C2=CC(C(F)(F)F)CC(Cl)=C2)C1C1CCCC(C2CCCC(I)C2)C1. The van der Waals surface area contributed by atoms with Crippen LogP contribution in [0, 0.1) is 35.5 Å². The summed E-state index contributed by atoms with van der Waals surface area (Å²) in [5.41, 5.74) is 0.680. The van der Waals surface area contributed by atoms with Gasteiger partial charge in [-0.3, -0.25) is 0 Å². The lowest BCUT2D eigenvalue weighted by atomic mass is 9.61. The number of halogens is 5. The summed E-state index contributed by atoms with van der Waals surface area (Å²) in [5, 5.41) is 11.2. The van der Waals surface area contributed by atoms with E-state index in [1.807, 2.05) is 12.2 Å². The van der Waals surface area contributed by atoms with Crippen LogP contribution in [0.5, 0.6) is 0 Å². The van der Waals surface area contributed by atoms with Crippen molar-refractivity contribution in [1.82, 2.24) is 0 Å². The molecular weight excluding hydrogens is 536 g/mol. The fraction of sp³-hybridized carbons (Fsp3) is 0.760. The summed E-state index contributed by atoms with van der Waals surface area (Å²) in [7, 11) is 0. The van der Waals surface area contributed by atoms with Crippen molar-refractivity contribution in [2.24, 2.45) is 35.5 Å². The summed E-state index contributed by atoms with van der Waals surface area (Å²) in [6.45, 7) is 0. The lowest BCUT2D eigenvalue weighted by Gasteiger charge is -2.45. The van der Waals surface area contributed by atoms with Crippen molar-refractivity contribution in [3.8, 4) is 0 Å². The van der Waals surface area contributed by atoms with Crippen molar-refractivity contribution in [2.45, 2.75) is 80.4 Å². The van der Waals surface area contributed by atoms with Gasteiger partial charge in [0.1, 0.15) is 0 Å². The average molecular weight is 569 g/mol. The van der Waals surface area contributed by atoms with Crippen molar-refractivity contribution in [1.29, 1.82) is 0 Å². The monoisotopic (exact) mass is 568 g/mol. The average Bonchev–Trinajstić information content (AvgIpc) is 2.72. The quantitative estimate of drug-likeness (QED) is 0.208. The Kier molecular flexibility index (Phi) is 7.85. The molecule has 6 heteroatoms. The first-order valence-corrected chi connectivity index (χ1v) is 13.5. The summed E-state index contributed by atoms with van der Waals surface area (Å²) in [4.78, 5) is 0. The molecule has 0 aromatic carbocycles. The van der Waals surface area contributed by atoms with Crippen molar-refractivity contribution < 1.29 is 18.3 Å². The van der Waals surface area contributed by atoms with Crippen LogP contribution in [0.3, 0.4) is 0 Å². The molecule has 2 fully saturated rings. The first-order valence-electron chi connectivity index (χ1n) is 11.9. The van der Waals surface area contributed by atoms with Crippen LogP contribution in [0.2, 0.25) is 0 Å². The van der Waals surface area contributed by atoms with Gasteiger partial charge in [0.05, 0.1) is 12.0 Å². The maximum atomic E-state index is 13.5. The normalized spacial score (nSPS) is 42.1. The summed E-state index contributed by atoms with van der Waals surface area (Å²) in [5.74, 6) is 0.184. The molecule has 0 aliphatic heterocycles. The van der Waals surface area contributed by atoms with Gasteiger partial charge >= 0.3 is 6.18 Å². The van der Waals surface area contributed by atoms with Crippen LogP contribution in [-0.2, 0) is 0 Å². The molecule has 174 valence electrons. The zero-order chi connectivity index (χ0) is 22.2. The first-order chi connectivity index (χ1) is 14.7. The van der Waals surface area contributed by atoms with Gasteiger partial charge in [0.25, 0.3) is 0 Å². The third-order valence-corrected chi connectivity index (χ3v) is 9.57. The number of hydrogen-bond donors (Lipinski definition) is 1. The highest BCUT2D eigenvalue weighted by Gasteiger charge is 2.44. The number of rotatable bonds is 3. The van der Waals surface area contributed by atoms with Crippen LogP contribution in [0.25, 0.3) is 0 Å². The molecule has 0 aromatic heterocycles. The Bertz CT molecular complexity index is 731. The third-order valence-electron chi connectivity index (χ3n) is 8.18. The highest BCUT2D eigenvalue weighted by atomic mass is 127. The molecule has 1 nitrogen and oxygen atoms in total. The van der Waals surface area contributed by atoms with E-state index in [0.29, 0.717) is 23.8 Å². The molecule has 0 bridgehead atoms. The summed E-state index contributed by atoms with van der Waals surface area (Å²) < 4.78 is 41.2. The van der Waals surface area contributed by atoms with Crippen molar-refractivity contribution in [2.75, 3.05) is 0 Å². The molecule has 4 aliphatic rings. The number of aliphatic hydroxyl groups is 1. The molecule has 4 rings (SSSR count). The molecule has 4 aliphatic carbocycles. The lowest BCUT2D eigenvalue weighted by molar-refractivity contribution is -0.160. The van der Waals surface area contributed by atoms with Crippen molar-refractivity contribution >= 4 is 34.2 Å². The van der Waals surface area contributed by atoms with Crippen molar-refractivity contribution in [3.05, 3.63) is 34.9 Å². The second kappa shape index (κ2) is 10.1. The van der Waals surface area contributed by atoms with Crippen LogP contribution >= 0.6 is 34.2 Å². The van der Waals surface area contributed by atoms with Crippen LogP contribution < -0.4 is 0 Å². The van der Waals surface area contributed by atoms with E-state index >= 15 is 0 Å². The van der Waals surface area contributed by atoms with E-state index in [-0.39, 0.29) is 23.3 Å². The molecule has 0 saturated heterocycles. The van der Waals surface area contributed by atoms with E-state index < -0.39 is 18.2 Å². The van der Waals surface area contributed by atoms with Crippen LogP contribution in [0.15, 0.2) is 34.9 Å². The minimum Gasteiger partial charge on any atom is -0.389 e. The van der Waals surface area contributed by atoms with E-state index in [1.54, 1.807) is 6.08 Å². The summed E-state index contributed by atoms with van der Waals surface area (Å²) in [6.07, 6.45) is 12.4. The summed E-state index contributed by atoms with van der Waals surface area (Å²) in [6, 6.07) is 0. The van der Waals surface area contributed by atoms with E-state index in [2.05, 4.69) is 22.6 Å². The number of hydrogen-bond acceptors (Lipinski definition) is 1. The molecule has 0 heterocycles. The van der Waals surface area contributed by atoms with Crippen LogP contribution in [-0.4, -0.2) is 21.3 Å². The smallest absolute Gasteiger partial charge is 0.389 e. The van der Waals surface area contributed by atoms with Gasteiger partial charge in [-0.05, 0) is 73.3 Å². The highest BCUT2D eigenvalue weighted by molar-refractivity contribution is 14.1. The number of allylic oxidation sites excluding steroid dienone is 5. The van der Waals surface area contributed by atoms with Crippen LogP contribution in [0.4, 0.5) is 13.2 Å². The second-order valence-electron chi connectivity index (χ2n) is 10.2. The molecule has 0 spiro atoms. The fourth-order valence-corrected chi connectivity index (χ4v) is 8.11. The van der Waals surface area contributed by atoms with Gasteiger partial charge in [0.15, 0.2) is 0 Å².